The highest BCUT2D eigenvalue weighted by Crippen LogP contribution is 2.39. The zero-order valence-corrected chi connectivity index (χ0v) is 12.8. The molecular weight excluding hydrogens is 332 g/mol. The van der Waals surface area contributed by atoms with Gasteiger partial charge in [0.25, 0.3) is 0 Å². The van der Waals surface area contributed by atoms with Crippen molar-refractivity contribution in [1.29, 1.82) is 0 Å². The van der Waals surface area contributed by atoms with E-state index in [1.54, 1.807) is 11.3 Å². The van der Waals surface area contributed by atoms with E-state index >= 15 is 0 Å². The molecule has 1 atom stereocenters. The molecular formula is C13H12BrClN2S. The lowest BCUT2D eigenvalue weighted by atomic mass is 9.99. The van der Waals surface area contributed by atoms with Crippen LogP contribution >= 0.6 is 38.9 Å². The number of hydrogen-bond donors (Lipinski definition) is 1. The summed E-state index contributed by atoms with van der Waals surface area (Å²) in [7, 11) is 0. The first-order valence-corrected chi connectivity index (χ1v) is 7.84. The van der Waals surface area contributed by atoms with Gasteiger partial charge in [-0.1, -0.05) is 27.5 Å². The van der Waals surface area contributed by atoms with E-state index in [1.807, 2.05) is 18.2 Å². The molecule has 1 aliphatic carbocycles. The van der Waals surface area contributed by atoms with E-state index in [9.17, 15) is 0 Å². The van der Waals surface area contributed by atoms with E-state index in [-0.39, 0.29) is 6.04 Å². The predicted molar refractivity (Wildman–Crippen MR) is 80.1 cm³/mol. The van der Waals surface area contributed by atoms with Gasteiger partial charge < -0.3 is 5.73 Å². The molecule has 0 spiro atoms. The SMILES string of the molecule is NC1CCCc2sc(-c3cc(Cl)ccc3Br)nc21. The zero-order chi connectivity index (χ0) is 12.7. The summed E-state index contributed by atoms with van der Waals surface area (Å²) in [4.78, 5) is 6.04. The van der Waals surface area contributed by atoms with Crippen LogP contribution < -0.4 is 5.73 Å². The summed E-state index contributed by atoms with van der Waals surface area (Å²) in [5.74, 6) is 0. The Morgan fingerprint density at radius 1 is 1.44 bits per heavy atom. The van der Waals surface area contributed by atoms with Gasteiger partial charge in [-0.15, -0.1) is 11.3 Å². The molecule has 1 aromatic heterocycles. The maximum Gasteiger partial charge on any atom is 0.125 e. The lowest BCUT2D eigenvalue weighted by molar-refractivity contribution is 0.564. The third-order valence-corrected chi connectivity index (χ3v) is 5.25. The standard InChI is InChI=1S/C13H12BrClN2S/c14-9-5-4-7(15)6-8(9)13-17-12-10(16)2-1-3-11(12)18-13/h4-6,10H,1-3,16H2. The minimum atomic E-state index is 0.0942. The fourth-order valence-electron chi connectivity index (χ4n) is 2.23. The third-order valence-electron chi connectivity index (χ3n) is 3.16. The minimum Gasteiger partial charge on any atom is -0.323 e. The highest BCUT2D eigenvalue weighted by molar-refractivity contribution is 9.10. The van der Waals surface area contributed by atoms with Gasteiger partial charge in [0.05, 0.1) is 5.69 Å². The van der Waals surface area contributed by atoms with Crippen LogP contribution in [-0.4, -0.2) is 4.98 Å². The van der Waals surface area contributed by atoms with Crippen LogP contribution in [0.25, 0.3) is 10.6 Å². The van der Waals surface area contributed by atoms with Gasteiger partial charge in [-0.2, -0.15) is 0 Å². The molecule has 94 valence electrons. The van der Waals surface area contributed by atoms with Crippen LogP contribution in [0.5, 0.6) is 0 Å². The first-order chi connectivity index (χ1) is 8.65. The first kappa shape index (κ1) is 12.6. The number of hydrogen-bond acceptors (Lipinski definition) is 3. The Hall–Kier alpha value is -0.420. The maximum atomic E-state index is 6.11. The van der Waals surface area contributed by atoms with Gasteiger partial charge in [0.2, 0.25) is 0 Å². The van der Waals surface area contributed by atoms with Crippen LogP contribution in [0.2, 0.25) is 5.02 Å². The summed E-state index contributed by atoms with van der Waals surface area (Å²) in [5.41, 5.74) is 8.24. The van der Waals surface area contributed by atoms with Crippen LogP contribution in [0, 0.1) is 0 Å². The average molecular weight is 344 g/mol. The van der Waals surface area contributed by atoms with Crippen molar-refractivity contribution in [2.45, 2.75) is 25.3 Å². The molecule has 0 amide bonds. The Kier molecular flexibility index (Phi) is 3.45. The largest absolute Gasteiger partial charge is 0.323 e. The molecule has 1 aliphatic rings. The molecule has 0 fully saturated rings. The van der Waals surface area contributed by atoms with Crippen LogP contribution in [0.1, 0.15) is 29.5 Å². The number of benzene rings is 1. The number of nitrogens with zero attached hydrogens (tertiary/aromatic N) is 1. The second kappa shape index (κ2) is 4.93. The second-order valence-corrected chi connectivity index (χ2v) is 6.82. The molecule has 0 saturated carbocycles. The third kappa shape index (κ3) is 2.23. The highest BCUT2D eigenvalue weighted by Gasteiger charge is 2.22. The van der Waals surface area contributed by atoms with E-state index in [0.29, 0.717) is 0 Å². The zero-order valence-electron chi connectivity index (χ0n) is 9.62. The molecule has 18 heavy (non-hydrogen) atoms. The van der Waals surface area contributed by atoms with E-state index in [2.05, 4.69) is 15.9 Å². The van der Waals surface area contributed by atoms with Crippen LogP contribution in [0.15, 0.2) is 22.7 Å². The maximum absolute atomic E-state index is 6.11. The van der Waals surface area contributed by atoms with Crippen LogP contribution in [0.4, 0.5) is 0 Å². The van der Waals surface area contributed by atoms with E-state index in [0.717, 1.165) is 45.0 Å². The number of aryl methyl sites for hydroxylation is 1. The fraction of sp³-hybridized carbons (Fsp3) is 0.308. The summed E-state index contributed by atoms with van der Waals surface area (Å²) in [6.07, 6.45) is 3.29. The molecule has 5 heteroatoms. The van der Waals surface area contributed by atoms with Crippen molar-refractivity contribution in [3.8, 4) is 10.6 Å². The lowest BCUT2D eigenvalue weighted by Gasteiger charge is -2.15. The molecule has 1 aromatic carbocycles. The second-order valence-electron chi connectivity index (χ2n) is 4.45. The Morgan fingerprint density at radius 2 is 2.28 bits per heavy atom. The molecule has 0 aliphatic heterocycles. The molecule has 2 nitrogen and oxygen atoms in total. The summed E-state index contributed by atoms with van der Waals surface area (Å²) in [6, 6.07) is 5.87. The van der Waals surface area contributed by atoms with Crippen molar-refractivity contribution in [3.05, 3.63) is 38.3 Å². The number of rotatable bonds is 1. The van der Waals surface area contributed by atoms with Crippen molar-refractivity contribution >= 4 is 38.9 Å². The first-order valence-electron chi connectivity index (χ1n) is 5.86. The molecule has 2 aromatic rings. The van der Waals surface area contributed by atoms with Gasteiger partial charge in [-0.25, -0.2) is 4.98 Å². The molecule has 1 unspecified atom stereocenters. The topological polar surface area (TPSA) is 38.9 Å². The van der Waals surface area contributed by atoms with Crippen molar-refractivity contribution < 1.29 is 0 Å². The van der Waals surface area contributed by atoms with Crippen molar-refractivity contribution in [2.24, 2.45) is 5.73 Å². The van der Waals surface area contributed by atoms with Gasteiger partial charge in [0.15, 0.2) is 0 Å². The Balaban J connectivity index is 2.10. The quantitative estimate of drug-likeness (QED) is 0.824. The molecule has 1 heterocycles. The van der Waals surface area contributed by atoms with Gasteiger partial charge in [0.1, 0.15) is 5.01 Å². The Labute approximate surface area is 123 Å². The van der Waals surface area contributed by atoms with Crippen molar-refractivity contribution in [3.63, 3.8) is 0 Å². The van der Waals surface area contributed by atoms with Crippen LogP contribution in [0.3, 0.4) is 0 Å². The summed E-state index contributed by atoms with van der Waals surface area (Å²) < 4.78 is 1.02. The number of thiazole rings is 1. The van der Waals surface area contributed by atoms with Crippen molar-refractivity contribution in [2.75, 3.05) is 0 Å². The average Bonchev–Trinajstić information content (AvgIpc) is 2.77. The molecule has 0 saturated heterocycles. The van der Waals surface area contributed by atoms with E-state index in [4.69, 9.17) is 22.3 Å². The molecule has 2 N–H and O–H groups in total. The minimum absolute atomic E-state index is 0.0942. The Bertz CT molecular complexity index is 597. The summed E-state index contributed by atoms with van der Waals surface area (Å²) in [5, 5.41) is 1.73. The fourth-order valence-corrected chi connectivity index (χ4v) is 4.17. The lowest BCUT2D eigenvalue weighted by Crippen LogP contribution is -2.16. The van der Waals surface area contributed by atoms with Gasteiger partial charge in [-0.05, 0) is 37.5 Å². The summed E-state index contributed by atoms with van der Waals surface area (Å²) in [6.45, 7) is 0. The molecule has 0 bridgehead atoms. The smallest absolute Gasteiger partial charge is 0.125 e. The van der Waals surface area contributed by atoms with Gasteiger partial charge in [0, 0.05) is 26.0 Å². The predicted octanol–water partition coefficient (Wildman–Crippen LogP) is 4.56. The number of aromatic nitrogens is 1. The van der Waals surface area contributed by atoms with Gasteiger partial charge >= 0.3 is 0 Å². The molecule has 0 radical (unpaired) electrons. The normalized spacial score (nSPS) is 18.7. The van der Waals surface area contributed by atoms with Gasteiger partial charge in [-0.3, -0.25) is 0 Å². The Morgan fingerprint density at radius 3 is 3.06 bits per heavy atom. The van der Waals surface area contributed by atoms with E-state index in [1.165, 1.54) is 4.88 Å². The molecule has 3 rings (SSSR count). The number of halogens is 2. The monoisotopic (exact) mass is 342 g/mol. The van der Waals surface area contributed by atoms with Crippen molar-refractivity contribution in [1.82, 2.24) is 4.98 Å². The number of fused-ring (bicyclic) bond motifs is 1. The van der Waals surface area contributed by atoms with E-state index < -0.39 is 0 Å². The number of nitrogens with two attached hydrogens (primary N) is 1. The van der Waals surface area contributed by atoms with Crippen LogP contribution in [-0.2, 0) is 6.42 Å². The highest BCUT2D eigenvalue weighted by atomic mass is 79.9. The summed E-state index contributed by atoms with van der Waals surface area (Å²) >= 11 is 11.3.